The number of rotatable bonds is 10. The van der Waals surface area contributed by atoms with E-state index < -0.39 is 65.7 Å². The molecule has 0 saturated heterocycles. The van der Waals surface area contributed by atoms with Gasteiger partial charge < -0.3 is 10.1 Å². The number of carbonyl (C=O) groups is 1. The number of alkyl halides is 4. The van der Waals surface area contributed by atoms with E-state index >= 15 is 8.78 Å². The SMILES string of the molecule is O=C(Cn1nc(C(F)F)c2c1C(F)(F)C1C[C@H]21)N[C@@H](Cc1cc(F)cc(F)c1)c1ncccc1-c1ccc(OC2CC2)cc1. The molecule has 12 heteroatoms. The number of nitrogens with one attached hydrogen (secondary N) is 1. The number of hydrogen-bond acceptors (Lipinski definition) is 4. The average Bonchev–Trinajstić information content (AvgIpc) is 3.89. The highest BCUT2D eigenvalue weighted by atomic mass is 19.3. The van der Waals surface area contributed by atoms with Crippen LogP contribution in [0, 0.1) is 17.6 Å². The first-order valence-electron chi connectivity index (χ1n) is 14.3. The molecule has 4 aromatic rings. The molecule has 44 heavy (non-hydrogen) atoms. The minimum atomic E-state index is -3.39. The van der Waals surface area contributed by atoms with Crippen molar-refractivity contribution in [3.05, 3.63) is 101 Å². The molecular formula is C32H26F6N4O2. The van der Waals surface area contributed by atoms with Crippen molar-refractivity contribution in [2.24, 2.45) is 5.92 Å². The molecular weight excluding hydrogens is 586 g/mol. The van der Waals surface area contributed by atoms with Crippen LogP contribution in [0.2, 0.25) is 0 Å². The molecule has 2 fully saturated rings. The topological polar surface area (TPSA) is 69.0 Å². The van der Waals surface area contributed by atoms with Crippen LogP contribution in [0.3, 0.4) is 0 Å². The number of hydrogen-bond donors (Lipinski definition) is 1. The summed E-state index contributed by atoms with van der Waals surface area (Å²) in [5, 5.41) is 6.47. The standard InChI is InChI=1S/C32H26F6N4O2/c33-18-10-16(11-19(34)13-18)12-25(28-22(2-1-9-39-28)17-3-5-20(6-4-17)44-21-7-8-21)40-26(43)15-42-30-27(29(41-42)31(35)36)23-14-24(23)32(30,37)38/h1-6,9-11,13,21,23-25,31H,7-8,12,14-15H2,(H,40,43)/t23-,24?,25-/m0/s1. The molecule has 7 rings (SSSR count). The summed E-state index contributed by atoms with van der Waals surface area (Å²) >= 11 is 0. The maximum absolute atomic E-state index is 15.1. The molecule has 2 aromatic carbocycles. The fourth-order valence-corrected chi connectivity index (χ4v) is 6.16. The molecule has 0 bridgehead atoms. The van der Waals surface area contributed by atoms with Crippen LogP contribution in [-0.2, 0) is 23.7 Å². The van der Waals surface area contributed by atoms with Gasteiger partial charge in [-0.2, -0.15) is 13.9 Å². The second-order valence-electron chi connectivity index (χ2n) is 11.6. The van der Waals surface area contributed by atoms with Crippen LogP contribution >= 0.6 is 0 Å². The first-order valence-corrected chi connectivity index (χ1v) is 14.3. The molecule has 2 heterocycles. The average molecular weight is 613 g/mol. The lowest BCUT2D eigenvalue weighted by Gasteiger charge is -2.22. The molecule has 1 unspecified atom stereocenters. The number of nitrogens with zero attached hydrogens (tertiary/aromatic N) is 3. The summed E-state index contributed by atoms with van der Waals surface area (Å²) in [5.74, 6) is -6.90. The lowest BCUT2D eigenvalue weighted by atomic mass is 9.95. The number of pyridine rings is 1. The predicted octanol–water partition coefficient (Wildman–Crippen LogP) is 7.01. The maximum atomic E-state index is 15.1. The zero-order valence-electron chi connectivity index (χ0n) is 23.1. The van der Waals surface area contributed by atoms with E-state index in [2.05, 4.69) is 15.4 Å². The zero-order chi connectivity index (χ0) is 30.7. The van der Waals surface area contributed by atoms with Gasteiger partial charge in [0.15, 0.2) is 0 Å². The van der Waals surface area contributed by atoms with Gasteiger partial charge in [-0.3, -0.25) is 14.5 Å². The maximum Gasteiger partial charge on any atom is 0.293 e. The van der Waals surface area contributed by atoms with E-state index in [1.807, 2.05) is 24.3 Å². The molecule has 3 atom stereocenters. The molecule has 3 aliphatic rings. The Bertz CT molecular complexity index is 1720. The Hall–Kier alpha value is -4.35. The molecule has 1 N–H and O–H groups in total. The highest BCUT2D eigenvalue weighted by molar-refractivity contribution is 5.77. The summed E-state index contributed by atoms with van der Waals surface area (Å²) in [6.07, 6.45) is 0.625. The van der Waals surface area contributed by atoms with Gasteiger partial charge in [0.05, 0.1) is 17.8 Å². The fraction of sp³-hybridized carbons (Fsp3) is 0.344. The minimum absolute atomic E-state index is 0.0972. The van der Waals surface area contributed by atoms with Crippen LogP contribution < -0.4 is 10.1 Å². The van der Waals surface area contributed by atoms with Crippen LogP contribution in [0.1, 0.15) is 65.9 Å². The monoisotopic (exact) mass is 612 g/mol. The Balaban J connectivity index is 1.21. The predicted molar refractivity (Wildman–Crippen MR) is 146 cm³/mol. The second-order valence-corrected chi connectivity index (χ2v) is 11.6. The van der Waals surface area contributed by atoms with Crippen molar-refractivity contribution < 1.29 is 35.9 Å². The molecule has 2 aromatic heterocycles. The Morgan fingerprint density at radius 3 is 2.45 bits per heavy atom. The third kappa shape index (κ3) is 5.30. The van der Waals surface area contributed by atoms with Crippen LogP contribution in [-0.4, -0.2) is 26.8 Å². The van der Waals surface area contributed by atoms with Crippen LogP contribution in [0.4, 0.5) is 26.3 Å². The van der Waals surface area contributed by atoms with Crippen molar-refractivity contribution in [1.82, 2.24) is 20.1 Å². The third-order valence-electron chi connectivity index (χ3n) is 8.32. The first kappa shape index (κ1) is 28.4. The van der Waals surface area contributed by atoms with Crippen LogP contribution in [0.25, 0.3) is 11.1 Å². The molecule has 0 aliphatic heterocycles. The molecule has 3 aliphatic carbocycles. The van der Waals surface area contributed by atoms with E-state index in [-0.39, 0.29) is 30.1 Å². The Kier molecular flexibility index (Phi) is 6.89. The van der Waals surface area contributed by atoms with E-state index in [0.717, 1.165) is 36.6 Å². The highest BCUT2D eigenvalue weighted by Gasteiger charge is 2.67. The minimum Gasteiger partial charge on any atom is -0.490 e. The second kappa shape index (κ2) is 10.7. The van der Waals surface area contributed by atoms with Gasteiger partial charge in [0.1, 0.15) is 35.3 Å². The number of benzene rings is 2. The molecule has 2 saturated carbocycles. The van der Waals surface area contributed by atoms with E-state index in [0.29, 0.717) is 21.7 Å². The Morgan fingerprint density at radius 2 is 1.77 bits per heavy atom. The van der Waals surface area contributed by atoms with E-state index in [1.165, 1.54) is 6.20 Å². The van der Waals surface area contributed by atoms with Gasteiger partial charge in [0.2, 0.25) is 5.91 Å². The summed E-state index contributed by atoms with van der Waals surface area (Å²) in [4.78, 5) is 17.9. The number of fused-ring (bicyclic) bond motifs is 3. The van der Waals surface area contributed by atoms with Crippen LogP contribution in [0.5, 0.6) is 5.75 Å². The molecule has 1 amide bonds. The Morgan fingerprint density at radius 1 is 1.05 bits per heavy atom. The number of aromatic nitrogens is 3. The summed E-state index contributed by atoms with van der Waals surface area (Å²) in [6.45, 7) is -0.756. The smallest absolute Gasteiger partial charge is 0.293 e. The quantitative estimate of drug-likeness (QED) is 0.196. The number of carbonyl (C=O) groups excluding carboxylic acids is 1. The van der Waals surface area contributed by atoms with Crippen molar-refractivity contribution >= 4 is 5.91 Å². The van der Waals surface area contributed by atoms with Crippen molar-refractivity contribution in [2.75, 3.05) is 0 Å². The number of amides is 1. The Labute approximate surface area is 248 Å². The van der Waals surface area contributed by atoms with Crippen molar-refractivity contribution in [1.29, 1.82) is 0 Å². The summed E-state index contributed by atoms with van der Waals surface area (Å²) < 4.78 is 92.3. The van der Waals surface area contributed by atoms with Crippen molar-refractivity contribution in [3.63, 3.8) is 0 Å². The van der Waals surface area contributed by atoms with Gasteiger partial charge in [-0.15, -0.1) is 0 Å². The van der Waals surface area contributed by atoms with Crippen LogP contribution in [0.15, 0.2) is 60.8 Å². The van der Waals surface area contributed by atoms with E-state index in [4.69, 9.17) is 4.74 Å². The lowest BCUT2D eigenvalue weighted by Crippen LogP contribution is -2.35. The van der Waals surface area contributed by atoms with Gasteiger partial charge in [0, 0.05) is 29.3 Å². The van der Waals surface area contributed by atoms with Crippen molar-refractivity contribution in [3.8, 4) is 16.9 Å². The summed E-state index contributed by atoms with van der Waals surface area (Å²) in [5.41, 5.74) is 0.350. The molecule has 0 radical (unpaired) electrons. The first-order chi connectivity index (χ1) is 21.1. The largest absolute Gasteiger partial charge is 0.490 e. The van der Waals surface area contributed by atoms with E-state index in [1.54, 1.807) is 12.1 Å². The van der Waals surface area contributed by atoms with Gasteiger partial charge in [-0.05, 0) is 73.1 Å². The normalized spacial score (nSPS) is 20.2. The van der Waals surface area contributed by atoms with E-state index in [9.17, 15) is 22.4 Å². The molecule has 0 spiro atoms. The van der Waals surface area contributed by atoms with Gasteiger partial charge >= 0.3 is 0 Å². The summed E-state index contributed by atoms with van der Waals surface area (Å²) in [7, 11) is 0. The zero-order valence-corrected chi connectivity index (χ0v) is 23.1. The fourth-order valence-electron chi connectivity index (χ4n) is 6.16. The number of ether oxygens (including phenoxy) is 1. The van der Waals surface area contributed by atoms with Gasteiger partial charge in [0.25, 0.3) is 12.3 Å². The third-order valence-corrected chi connectivity index (χ3v) is 8.32. The van der Waals surface area contributed by atoms with Crippen molar-refractivity contribution in [2.45, 2.75) is 62.6 Å². The highest BCUT2D eigenvalue weighted by Crippen LogP contribution is 2.68. The van der Waals surface area contributed by atoms with Gasteiger partial charge in [-0.25, -0.2) is 17.6 Å². The molecule has 6 nitrogen and oxygen atoms in total. The molecule has 228 valence electrons. The lowest BCUT2D eigenvalue weighted by molar-refractivity contribution is -0.123. The van der Waals surface area contributed by atoms with Gasteiger partial charge in [-0.1, -0.05) is 18.2 Å². The number of halogens is 6. The summed E-state index contributed by atoms with van der Waals surface area (Å²) in [6, 6.07) is 12.7.